The molecule has 1 aliphatic rings. The third-order valence-corrected chi connectivity index (χ3v) is 4.25. The van der Waals surface area contributed by atoms with Crippen LogP contribution >= 0.6 is 0 Å². The van der Waals surface area contributed by atoms with Crippen molar-refractivity contribution >= 4 is 11.9 Å². The van der Waals surface area contributed by atoms with E-state index in [-0.39, 0.29) is 11.9 Å². The Labute approximate surface area is 137 Å². The number of amides is 1. The quantitative estimate of drug-likeness (QED) is 0.906. The van der Waals surface area contributed by atoms with E-state index in [9.17, 15) is 14.7 Å². The highest BCUT2D eigenvalue weighted by atomic mass is 16.5. The third-order valence-electron chi connectivity index (χ3n) is 4.25. The molecule has 1 heterocycles. The van der Waals surface area contributed by atoms with Gasteiger partial charge < -0.3 is 14.7 Å². The van der Waals surface area contributed by atoms with E-state index in [1.807, 2.05) is 6.92 Å². The van der Waals surface area contributed by atoms with Crippen LogP contribution in [0.5, 0.6) is 5.75 Å². The maximum absolute atomic E-state index is 12.6. The largest absolute Gasteiger partial charge is 0.493 e. The lowest BCUT2D eigenvalue weighted by Gasteiger charge is -2.37. The van der Waals surface area contributed by atoms with Crippen molar-refractivity contribution in [2.45, 2.75) is 39.7 Å². The molecule has 1 N–H and O–H groups in total. The van der Waals surface area contributed by atoms with Crippen molar-refractivity contribution in [2.75, 3.05) is 13.2 Å². The zero-order valence-electron chi connectivity index (χ0n) is 14.0. The molecule has 1 amide bonds. The minimum Gasteiger partial charge on any atom is -0.493 e. The number of nitrogens with zero attached hydrogens (tertiary/aromatic N) is 1. The first-order valence-corrected chi connectivity index (χ1v) is 8.16. The monoisotopic (exact) mass is 319 g/mol. The Morgan fingerprint density at radius 3 is 2.52 bits per heavy atom. The van der Waals surface area contributed by atoms with Gasteiger partial charge in [0.25, 0.3) is 5.91 Å². The zero-order valence-corrected chi connectivity index (χ0v) is 14.0. The van der Waals surface area contributed by atoms with Crippen LogP contribution in [0.15, 0.2) is 24.3 Å². The lowest BCUT2D eigenvalue weighted by atomic mass is 9.90. The molecule has 0 saturated carbocycles. The summed E-state index contributed by atoms with van der Waals surface area (Å²) in [5.41, 5.74) is 0.569. The summed E-state index contributed by atoms with van der Waals surface area (Å²) in [6.45, 7) is 7.21. The Kier molecular flexibility index (Phi) is 5.64. The number of carbonyl (C=O) groups is 2. The second-order valence-electron chi connectivity index (χ2n) is 6.56. The van der Waals surface area contributed by atoms with Crippen LogP contribution in [-0.4, -0.2) is 41.1 Å². The van der Waals surface area contributed by atoms with Gasteiger partial charge in [0.1, 0.15) is 5.75 Å². The van der Waals surface area contributed by atoms with E-state index in [1.54, 1.807) is 29.2 Å². The molecule has 0 unspecified atom stereocenters. The number of carbonyl (C=O) groups excluding carboxylic acids is 1. The van der Waals surface area contributed by atoms with Crippen LogP contribution in [0.4, 0.5) is 0 Å². The number of benzene rings is 1. The summed E-state index contributed by atoms with van der Waals surface area (Å²) >= 11 is 0. The van der Waals surface area contributed by atoms with Gasteiger partial charge in [-0.15, -0.1) is 0 Å². The number of carboxylic acid groups (broad SMARTS) is 1. The number of hydrogen-bond acceptors (Lipinski definition) is 3. The van der Waals surface area contributed by atoms with Gasteiger partial charge in [0.05, 0.1) is 12.5 Å². The second-order valence-corrected chi connectivity index (χ2v) is 6.56. The molecule has 5 heteroatoms. The number of rotatable bonds is 5. The van der Waals surface area contributed by atoms with Gasteiger partial charge in [0.15, 0.2) is 0 Å². The molecular formula is C18H25NO4. The highest BCUT2D eigenvalue weighted by Gasteiger charge is 2.35. The van der Waals surface area contributed by atoms with E-state index in [4.69, 9.17) is 4.74 Å². The Hall–Kier alpha value is -2.04. The molecule has 5 nitrogen and oxygen atoms in total. The first kappa shape index (κ1) is 17.3. The van der Waals surface area contributed by atoms with Crippen molar-refractivity contribution in [3.05, 3.63) is 29.8 Å². The van der Waals surface area contributed by atoms with Gasteiger partial charge in [0.2, 0.25) is 0 Å². The number of aliphatic carboxylic acids is 1. The average Bonchev–Trinajstić information content (AvgIpc) is 2.52. The predicted octanol–water partition coefficient (Wildman–Crippen LogP) is 3.05. The summed E-state index contributed by atoms with van der Waals surface area (Å²) in [6.07, 6.45) is 1.35. The maximum Gasteiger partial charge on any atom is 0.308 e. The molecule has 0 spiro atoms. The number of ether oxygens (including phenoxy) is 1. The minimum absolute atomic E-state index is 0.112. The van der Waals surface area contributed by atoms with Gasteiger partial charge in [-0.2, -0.15) is 0 Å². The van der Waals surface area contributed by atoms with E-state index in [1.165, 1.54) is 0 Å². The van der Waals surface area contributed by atoms with E-state index < -0.39 is 11.9 Å². The normalized spacial score (nSPS) is 21.3. The van der Waals surface area contributed by atoms with Gasteiger partial charge in [-0.05, 0) is 49.9 Å². The first-order chi connectivity index (χ1) is 10.9. The Morgan fingerprint density at radius 2 is 1.96 bits per heavy atom. The Balaban J connectivity index is 2.06. The molecule has 23 heavy (non-hydrogen) atoms. The molecule has 0 aromatic heterocycles. The lowest BCUT2D eigenvalue weighted by molar-refractivity contribution is -0.144. The van der Waals surface area contributed by atoms with E-state index in [2.05, 4.69) is 13.8 Å². The number of hydrogen-bond donors (Lipinski definition) is 1. The predicted molar refractivity (Wildman–Crippen MR) is 87.6 cm³/mol. The molecule has 2 atom stereocenters. The Morgan fingerprint density at radius 1 is 1.30 bits per heavy atom. The van der Waals surface area contributed by atoms with Gasteiger partial charge in [-0.3, -0.25) is 9.59 Å². The third kappa shape index (κ3) is 4.24. The molecule has 126 valence electrons. The SMILES string of the molecule is CC(C)COc1ccc(C(=O)N2CCC[C@H](C(=O)O)[C@@H]2C)cc1. The number of likely N-dealkylation sites (tertiary alicyclic amines) is 1. The average molecular weight is 319 g/mol. The van der Waals surface area contributed by atoms with Crippen molar-refractivity contribution in [3.63, 3.8) is 0 Å². The van der Waals surface area contributed by atoms with Crippen molar-refractivity contribution < 1.29 is 19.4 Å². The van der Waals surface area contributed by atoms with Gasteiger partial charge >= 0.3 is 5.97 Å². The minimum atomic E-state index is -0.826. The fourth-order valence-electron chi connectivity index (χ4n) is 2.88. The molecule has 0 radical (unpaired) electrons. The van der Waals surface area contributed by atoms with Crippen molar-refractivity contribution in [2.24, 2.45) is 11.8 Å². The van der Waals surface area contributed by atoms with Crippen molar-refractivity contribution in [3.8, 4) is 5.75 Å². The van der Waals surface area contributed by atoms with E-state index >= 15 is 0 Å². The molecule has 1 aromatic carbocycles. The van der Waals surface area contributed by atoms with Crippen LogP contribution in [-0.2, 0) is 4.79 Å². The summed E-state index contributed by atoms with van der Waals surface area (Å²) in [6, 6.07) is 6.78. The van der Waals surface area contributed by atoms with Crippen molar-refractivity contribution in [1.82, 2.24) is 4.90 Å². The number of carboxylic acids is 1. The van der Waals surface area contributed by atoms with E-state index in [0.717, 1.165) is 12.2 Å². The fourth-order valence-corrected chi connectivity index (χ4v) is 2.88. The van der Waals surface area contributed by atoms with Crippen LogP contribution in [0.3, 0.4) is 0 Å². The highest BCUT2D eigenvalue weighted by Crippen LogP contribution is 2.26. The molecular weight excluding hydrogens is 294 g/mol. The maximum atomic E-state index is 12.6. The number of piperidine rings is 1. The summed E-state index contributed by atoms with van der Waals surface area (Å²) in [5.74, 6) is -0.239. The van der Waals surface area contributed by atoms with Crippen LogP contribution in [0.25, 0.3) is 0 Å². The smallest absolute Gasteiger partial charge is 0.308 e. The Bertz CT molecular complexity index is 553. The standard InChI is InChI=1S/C18H25NO4/c1-12(2)11-23-15-8-6-14(7-9-15)17(20)19-10-4-5-16(13(19)3)18(21)22/h6-9,12-13,16H,4-5,10-11H2,1-3H3,(H,21,22)/t13-,16-/m0/s1. The summed E-state index contributed by atoms with van der Waals surface area (Å²) in [5, 5.41) is 9.26. The highest BCUT2D eigenvalue weighted by molar-refractivity contribution is 5.95. The zero-order chi connectivity index (χ0) is 17.0. The molecule has 1 saturated heterocycles. The van der Waals surface area contributed by atoms with Crippen molar-refractivity contribution in [1.29, 1.82) is 0 Å². The van der Waals surface area contributed by atoms with E-state index in [0.29, 0.717) is 31.1 Å². The van der Waals surface area contributed by atoms with Crippen LogP contribution in [0.2, 0.25) is 0 Å². The van der Waals surface area contributed by atoms with Crippen LogP contribution in [0.1, 0.15) is 44.0 Å². The van der Waals surface area contributed by atoms with Gasteiger partial charge in [-0.1, -0.05) is 13.8 Å². The van der Waals surface area contributed by atoms with Crippen LogP contribution < -0.4 is 4.74 Å². The van der Waals surface area contributed by atoms with Crippen LogP contribution in [0, 0.1) is 11.8 Å². The lowest BCUT2D eigenvalue weighted by Crippen LogP contribution is -2.49. The van der Waals surface area contributed by atoms with Gasteiger partial charge in [-0.25, -0.2) is 0 Å². The molecule has 2 rings (SSSR count). The summed E-state index contributed by atoms with van der Waals surface area (Å²) in [4.78, 5) is 25.6. The summed E-state index contributed by atoms with van der Waals surface area (Å²) < 4.78 is 5.61. The molecule has 1 fully saturated rings. The second kappa shape index (κ2) is 7.49. The molecule has 1 aromatic rings. The fraction of sp³-hybridized carbons (Fsp3) is 0.556. The topological polar surface area (TPSA) is 66.8 Å². The summed E-state index contributed by atoms with van der Waals surface area (Å²) in [7, 11) is 0. The first-order valence-electron chi connectivity index (χ1n) is 8.16. The molecule has 0 bridgehead atoms. The molecule has 1 aliphatic heterocycles. The molecule has 0 aliphatic carbocycles. The van der Waals surface area contributed by atoms with Gasteiger partial charge in [0, 0.05) is 18.2 Å².